The molecule has 2 aromatic carbocycles. The molecule has 1 aliphatic rings. The van der Waals surface area contributed by atoms with E-state index < -0.39 is 5.76 Å². The van der Waals surface area contributed by atoms with Crippen LogP contribution < -0.4 is 10.6 Å². The zero-order valence-corrected chi connectivity index (χ0v) is 17.3. The Morgan fingerprint density at radius 1 is 1.10 bits per heavy atom. The summed E-state index contributed by atoms with van der Waals surface area (Å²) in [6, 6.07) is 13.7. The Bertz CT molecular complexity index is 872. The monoisotopic (exact) mass is 435 g/mol. The van der Waals surface area contributed by atoms with Gasteiger partial charge in [-0.3, -0.25) is 4.79 Å². The average molecular weight is 435 g/mol. The predicted octanol–water partition coefficient (Wildman–Crippen LogP) is 4.71. The summed E-state index contributed by atoms with van der Waals surface area (Å²) in [4.78, 5) is 26.5. The fourth-order valence-electron chi connectivity index (χ4n) is 3.26. The highest BCUT2D eigenvalue weighted by atomic mass is 32.2. The number of hydrogen-bond donors (Lipinski definition) is 2. The number of nitrogens with zero attached hydrogens (tertiary/aromatic N) is 1. The molecule has 160 valence electrons. The SMILES string of the molecule is COC(=O)N1CCC(NC(=O)c2ccccc2Nc2ccc(SC(F)F)cc2)CC1. The highest BCUT2D eigenvalue weighted by molar-refractivity contribution is 7.99. The van der Waals surface area contributed by atoms with Crippen LogP contribution in [0, 0.1) is 0 Å². The van der Waals surface area contributed by atoms with Gasteiger partial charge in [0.1, 0.15) is 0 Å². The van der Waals surface area contributed by atoms with Gasteiger partial charge >= 0.3 is 6.09 Å². The first-order valence-electron chi connectivity index (χ1n) is 9.51. The van der Waals surface area contributed by atoms with Crippen molar-refractivity contribution in [1.82, 2.24) is 10.2 Å². The number of para-hydroxylation sites is 1. The third-order valence-corrected chi connectivity index (χ3v) is 5.52. The summed E-state index contributed by atoms with van der Waals surface area (Å²) in [5.41, 5.74) is 1.80. The number of ether oxygens (including phenoxy) is 1. The van der Waals surface area contributed by atoms with Gasteiger partial charge in [0, 0.05) is 29.7 Å². The van der Waals surface area contributed by atoms with Crippen LogP contribution in [0.15, 0.2) is 53.4 Å². The van der Waals surface area contributed by atoms with Crippen molar-refractivity contribution >= 4 is 35.1 Å². The number of anilines is 2. The summed E-state index contributed by atoms with van der Waals surface area (Å²) < 4.78 is 29.6. The van der Waals surface area contributed by atoms with Gasteiger partial charge in [-0.15, -0.1) is 0 Å². The minimum atomic E-state index is -2.47. The highest BCUT2D eigenvalue weighted by Crippen LogP contribution is 2.28. The van der Waals surface area contributed by atoms with Crippen LogP contribution in [0.1, 0.15) is 23.2 Å². The number of alkyl halides is 2. The molecule has 0 spiro atoms. The third-order valence-electron chi connectivity index (χ3n) is 4.79. The van der Waals surface area contributed by atoms with E-state index in [1.165, 1.54) is 7.11 Å². The van der Waals surface area contributed by atoms with Crippen LogP contribution in [0.2, 0.25) is 0 Å². The van der Waals surface area contributed by atoms with Gasteiger partial charge in [-0.1, -0.05) is 23.9 Å². The van der Waals surface area contributed by atoms with E-state index in [-0.39, 0.29) is 18.0 Å². The van der Waals surface area contributed by atoms with Gasteiger partial charge in [-0.25, -0.2) is 4.79 Å². The van der Waals surface area contributed by atoms with Crippen LogP contribution in [0.25, 0.3) is 0 Å². The van der Waals surface area contributed by atoms with Crippen molar-refractivity contribution in [3.8, 4) is 0 Å². The number of halogens is 2. The Hall–Kier alpha value is -2.81. The number of hydrogen-bond acceptors (Lipinski definition) is 5. The van der Waals surface area contributed by atoms with Gasteiger partial charge in [0.25, 0.3) is 11.7 Å². The van der Waals surface area contributed by atoms with Crippen LogP contribution in [0.3, 0.4) is 0 Å². The van der Waals surface area contributed by atoms with Gasteiger partial charge < -0.3 is 20.3 Å². The zero-order valence-electron chi connectivity index (χ0n) is 16.4. The molecule has 2 aromatic rings. The number of likely N-dealkylation sites (tertiary alicyclic amines) is 1. The van der Waals surface area contributed by atoms with E-state index in [9.17, 15) is 18.4 Å². The molecule has 30 heavy (non-hydrogen) atoms. The van der Waals surface area contributed by atoms with E-state index >= 15 is 0 Å². The van der Waals surface area contributed by atoms with E-state index in [0.29, 0.717) is 59.5 Å². The molecule has 0 saturated carbocycles. The Balaban J connectivity index is 1.62. The molecular weight excluding hydrogens is 412 g/mol. The molecule has 0 unspecified atom stereocenters. The van der Waals surface area contributed by atoms with Gasteiger partial charge in [0.05, 0.1) is 18.4 Å². The van der Waals surface area contributed by atoms with Gasteiger partial charge in [-0.2, -0.15) is 8.78 Å². The molecule has 6 nitrogen and oxygen atoms in total. The quantitative estimate of drug-likeness (QED) is 0.644. The summed E-state index contributed by atoms with van der Waals surface area (Å²) in [5.74, 6) is -2.67. The predicted molar refractivity (Wildman–Crippen MR) is 112 cm³/mol. The van der Waals surface area contributed by atoms with Crippen molar-refractivity contribution in [2.45, 2.75) is 29.5 Å². The summed E-state index contributed by atoms with van der Waals surface area (Å²) in [6.07, 6.45) is 0.951. The van der Waals surface area contributed by atoms with Crippen LogP contribution in [0.4, 0.5) is 25.0 Å². The molecule has 0 aliphatic carbocycles. The highest BCUT2D eigenvalue weighted by Gasteiger charge is 2.25. The molecule has 3 rings (SSSR count). The number of thioether (sulfide) groups is 1. The van der Waals surface area contributed by atoms with Crippen molar-refractivity contribution in [2.24, 2.45) is 0 Å². The number of nitrogens with one attached hydrogen (secondary N) is 2. The maximum Gasteiger partial charge on any atom is 0.409 e. The van der Waals surface area contributed by atoms with Crippen molar-refractivity contribution in [3.63, 3.8) is 0 Å². The van der Waals surface area contributed by atoms with E-state index in [1.54, 1.807) is 47.4 Å². The van der Waals surface area contributed by atoms with Crippen LogP contribution >= 0.6 is 11.8 Å². The lowest BCUT2D eigenvalue weighted by molar-refractivity contribution is 0.0893. The van der Waals surface area contributed by atoms with Gasteiger partial charge in [0.2, 0.25) is 0 Å². The molecule has 2 amide bonds. The van der Waals surface area contributed by atoms with E-state index in [0.717, 1.165) is 0 Å². The van der Waals surface area contributed by atoms with Crippen molar-refractivity contribution in [1.29, 1.82) is 0 Å². The standard InChI is InChI=1S/C21H23F2N3O3S/c1-29-21(28)26-12-10-15(11-13-26)25-19(27)17-4-2-3-5-18(17)24-14-6-8-16(9-7-14)30-20(22)23/h2-9,15,20,24H,10-13H2,1H3,(H,25,27). The lowest BCUT2D eigenvalue weighted by Crippen LogP contribution is -2.46. The first-order chi connectivity index (χ1) is 14.5. The van der Waals surface area contributed by atoms with Gasteiger partial charge in [-0.05, 0) is 49.2 Å². The number of benzene rings is 2. The molecule has 0 radical (unpaired) electrons. The molecule has 0 aromatic heterocycles. The van der Waals surface area contributed by atoms with Crippen molar-refractivity contribution in [2.75, 3.05) is 25.5 Å². The molecule has 1 fully saturated rings. The van der Waals surface area contributed by atoms with E-state index in [4.69, 9.17) is 4.74 Å². The molecule has 1 aliphatic heterocycles. The maximum absolute atomic E-state index is 12.8. The lowest BCUT2D eigenvalue weighted by Gasteiger charge is -2.31. The van der Waals surface area contributed by atoms with Crippen LogP contribution in [-0.2, 0) is 4.74 Å². The normalized spacial score (nSPS) is 14.5. The van der Waals surface area contributed by atoms with Crippen LogP contribution in [0.5, 0.6) is 0 Å². The van der Waals surface area contributed by atoms with Gasteiger partial charge in [0.15, 0.2) is 0 Å². The second kappa shape index (κ2) is 10.3. The summed E-state index contributed by atoms with van der Waals surface area (Å²) in [5, 5.41) is 6.20. The zero-order chi connectivity index (χ0) is 21.5. The van der Waals surface area contributed by atoms with E-state index in [2.05, 4.69) is 10.6 Å². The largest absolute Gasteiger partial charge is 0.453 e. The van der Waals surface area contributed by atoms with E-state index in [1.807, 2.05) is 6.07 Å². The maximum atomic E-state index is 12.8. The third kappa shape index (κ3) is 5.85. The molecular formula is C21H23F2N3O3S. The fraction of sp³-hybridized carbons (Fsp3) is 0.333. The fourth-order valence-corrected chi connectivity index (χ4v) is 3.76. The molecule has 1 heterocycles. The molecule has 0 bridgehead atoms. The molecule has 1 saturated heterocycles. The summed E-state index contributed by atoms with van der Waals surface area (Å²) in [7, 11) is 1.35. The number of carbonyl (C=O) groups is 2. The second-order valence-electron chi connectivity index (χ2n) is 6.78. The summed E-state index contributed by atoms with van der Waals surface area (Å²) in [6.45, 7) is 1.06. The molecule has 2 N–H and O–H groups in total. The lowest BCUT2D eigenvalue weighted by atomic mass is 10.0. The van der Waals surface area contributed by atoms with Crippen molar-refractivity contribution < 1.29 is 23.1 Å². The number of methoxy groups -OCH3 is 1. The first kappa shape index (κ1) is 21.9. The Kier molecular flexibility index (Phi) is 7.51. The minimum absolute atomic E-state index is 0.0304. The Labute approximate surface area is 178 Å². The number of rotatable bonds is 6. The summed E-state index contributed by atoms with van der Waals surface area (Å²) >= 11 is 0.487. The molecule has 9 heteroatoms. The smallest absolute Gasteiger partial charge is 0.409 e. The topological polar surface area (TPSA) is 70.7 Å². The molecule has 0 atom stereocenters. The minimum Gasteiger partial charge on any atom is -0.453 e. The van der Waals surface area contributed by atoms with Crippen LogP contribution in [-0.4, -0.2) is 48.9 Å². The number of piperidine rings is 1. The number of carbonyl (C=O) groups excluding carboxylic acids is 2. The van der Waals surface area contributed by atoms with Crippen molar-refractivity contribution in [3.05, 3.63) is 54.1 Å². The number of amides is 2. The average Bonchev–Trinajstić information content (AvgIpc) is 2.75. The Morgan fingerprint density at radius 3 is 2.40 bits per heavy atom. The first-order valence-corrected chi connectivity index (χ1v) is 10.4. The second-order valence-corrected chi connectivity index (χ2v) is 7.84. The Morgan fingerprint density at radius 2 is 1.77 bits per heavy atom.